The third kappa shape index (κ3) is 3.04. The van der Waals surface area contributed by atoms with Crippen LogP contribution < -0.4 is 10.1 Å². The Kier molecular flexibility index (Phi) is 3.97. The minimum absolute atomic E-state index is 0.244. The van der Waals surface area contributed by atoms with Gasteiger partial charge in [-0.25, -0.2) is 15.0 Å². The molecule has 112 valence electrons. The number of nitrogens with one attached hydrogen (secondary N) is 1. The number of carbonyl (C=O) groups excluding carboxylic acids is 1. The predicted molar refractivity (Wildman–Crippen MR) is 85.5 cm³/mol. The number of hydrogen-bond donors (Lipinski definition) is 1. The van der Waals surface area contributed by atoms with Crippen LogP contribution in [0.15, 0.2) is 30.6 Å². The number of hydrogen-bond acceptors (Lipinski definition) is 6. The summed E-state index contributed by atoms with van der Waals surface area (Å²) in [6.45, 7) is 4.35. The minimum atomic E-state index is -0.334. The van der Waals surface area contributed by atoms with Crippen molar-refractivity contribution >= 4 is 32.6 Å². The summed E-state index contributed by atoms with van der Waals surface area (Å²) in [5.74, 6) is 0.0432. The van der Waals surface area contributed by atoms with Crippen LogP contribution in [-0.4, -0.2) is 27.5 Å². The second-order valence-corrected chi connectivity index (χ2v) is 5.65. The second-order valence-electron chi connectivity index (χ2n) is 4.62. The van der Waals surface area contributed by atoms with E-state index in [0.29, 0.717) is 17.6 Å². The fraction of sp³-hybridized carbons (Fsp3) is 0.200. The molecule has 0 aliphatic heterocycles. The normalized spacial score (nSPS) is 10.6. The summed E-state index contributed by atoms with van der Waals surface area (Å²) in [5, 5.41) is 3.30. The van der Waals surface area contributed by atoms with Gasteiger partial charge in [0.25, 0.3) is 5.91 Å². The van der Waals surface area contributed by atoms with Crippen LogP contribution in [0.5, 0.6) is 5.88 Å². The molecule has 7 heteroatoms. The fourth-order valence-corrected chi connectivity index (χ4v) is 2.90. The molecule has 1 N–H and O–H groups in total. The highest BCUT2D eigenvalue weighted by atomic mass is 32.1. The van der Waals surface area contributed by atoms with Crippen molar-refractivity contribution in [1.29, 1.82) is 0 Å². The zero-order chi connectivity index (χ0) is 15.5. The molecule has 1 amide bonds. The van der Waals surface area contributed by atoms with Crippen LogP contribution in [0.3, 0.4) is 0 Å². The summed E-state index contributed by atoms with van der Waals surface area (Å²) in [6.07, 6.45) is 1.31. The molecule has 0 saturated heterocycles. The van der Waals surface area contributed by atoms with Crippen LogP contribution in [0.1, 0.15) is 23.0 Å². The minimum Gasteiger partial charge on any atom is -0.478 e. The Labute approximate surface area is 131 Å². The number of fused-ring (bicyclic) bond motifs is 1. The maximum atomic E-state index is 12.2. The third-order valence-corrected chi connectivity index (χ3v) is 3.86. The van der Waals surface area contributed by atoms with Gasteiger partial charge in [-0.05, 0) is 31.5 Å². The van der Waals surface area contributed by atoms with Gasteiger partial charge in [0.1, 0.15) is 12.0 Å². The first-order chi connectivity index (χ1) is 10.7. The fourth-order valence-electron chi connectivity index (χ4n) is 1.94. The van der Waals surface area contributed by atoms with E-state index >= 15 is 0 Å². The summed E-state index contributed by atoms with van der Waals surface area (Å²) in [7, 11) is 0. The average molecular weight is 314 g/mol. The lowest BCUT2D eigenvalue weighted by molar-refractivity contribution is 0.102. The zero-order valence-electron chi connectivity index (χ0n) is 12.2. The van der Waals surface area contributed by atoms with E-state index in [1.165, 1.54) is 23.7 Å². The van der Waals surface area contributed by atoms with E-state index < -0.39 is 0 Å². The molecule has 1 aromatic carbocycles. The van der Waals surface area contributed by atoms with Crippen LogP contribution in [0.25, 0.3) is 10.2 Å². The van der Waals surface area contributed by atoms with E-state index in [0.717, 1.165) is 15.8 Å². The third-order valence-electron chi connectivity index (χ3n) is 2.93. The molecule has 0 aliphatic carbocycles. The van der Waals surface area contributed by atoms with E-state index in [2.05, 4.69) is 20.3 Å². The van der Waals surface area contributed by atoms with Gasteiger partial charge in [-0.1, -0.05) is 17.4 Å². The summed E-state index contributed by atoms with van der Waals surface area (Å²) in [5.41, 5.74) is 2.27. The number of ether oxygens (including phenoxy) is 1. The Morgan fingerprint density at radius 2 is 2.18 bits per heavy atom. The molecule has 0 spiro atoms. The van der Waals surface area contributed by atoms with E-state index in [-0.39, 0.29) is 11.6 Å². The lowest BCUT2D eigenvalue weighted by Crippen LogP contribution is -2.14. The van der Waals surface area contributed by atoms with Crippen LogP contribution >= 0.6 is 11.3 Å². The van der Waals surface area contributed by atoms with Gasteiger partial charge in [-0.2, -0.15) is 0 Å². The number of benzene rings is 1. The summed E-state index contributed by atoms with van der Waals surface area (Å²) in [6, 6.07) is 7.48. The molecule has 0 fully saturated rings. The molecule has 0 bridgehead atoms. The first-order valence-electron chi connectivity index (χ1n) is 6.79. The maximum absolute atomic E-state index is 12.2. The number of carbonyl (C=O) groups is 1. The predicted octanol–water partition coefficient (Wildman–Crippen LogP) is 3.05. The van der Waals surface area contributed by atoms with Crippen molar-refractivity contribution in [3.05, 3.63) is 41.9 Å². The van der Waals surface area contributed by atoms with Crippen molar-refractivity contribution in [2.75, 3.05) is 11.9 Å². The van der Waals surface area contributed by atoms with Crippen LogP contribution in [0.2, 0.25) is 0 Å². The van der Waals surface area contributed by atoms with E-state index in [1.54, 1.807) is 0 Å². The number of rotatable bonds is 4. The molecule has 6 nitrogen and oxygen atoms in total. The van der Waals surface area contributed by atoms with Gasteiger partial charge in [-0.3, -0.25) is 10.1 Å². The molecular formula is C15H14N4O2S. The Morgan fingerprint density at radius 1 is 1.32 bits per heavy atom. The molecular weight excluding hydrogens is 300 g/mol. The van der Waals surface area contributed by atoms with Gasteiger partial charge in [0.05, 0.1) is 16.8 Å². The van der Waals surface area contributed by atoms with Crippen molar-refractivity contribution in [3.8, 4) is 5.88 Å². The van der Waals surface area contributed by atoms with Crippen molar-refractivity contribution in [2.24, 2.45) is 0 Å². The van der Waals surface area contributed by atoms with Gasteiger partial charge in [0.2, 0.25) is 5.88 Å². The van der Waals surface area contributed by atoms with E-state index in [9.17, 15) is 4.79 Å². The molecule has 0 atom stereocenters. The van der Waals surface area contributed by atoms with Gasteiger partial charge >= 0.3 is 0 Å². The number of amides is 1. The van der Waals surface area contributed by atoms with Crippen molar-refractivity contribution < 1.29 is 9.53 Å². The second kappa shape index (κ2) is 6.07. The smallest absolute Gasteiger partial charge is 0.276 e. The Hall–Kier alpha value is -2.54. The lowest BCUT2D eigenvalue weighted by Gasteiger charge is -2.03. The number of aryl methyl sites for hydroxylation is 1. The Bertz CT molecular complexity index is 831. The molecule has 0 radical (unpaired) electrons. The number of anilines is 1. The molecule has 2 aromatic heterocycles. The molecule has 22 heavy (non-hydrogen) atoms. The van der Waals surface area contributed by atoms with E-state index in [4.69, 9.17) is 4.74 Å². The van der Waals surface area contributed by atoms with Crippen LogP contribution in [-0.2, 0) is 0 Å². The number of aromatic nitrogens is 3. The summed E-state index contributed by atoms with van der Waals surface area (Å²) >= 11 is 1.43. The quantitative estimate of drug-likeness (QED) is 0.801. The summed E-state index contributed by atoms with van der Waals surface area (Å²) < 4.78 is 6.30. The molecule has 2 heterocycles. The SMILES string of the molecule is CCOc1cc(C(=O)Nc2nc3ccc(C)cc3s2)ncn1. The largest absolute Gasteiger partial charge is 0.478 e. The molecule has 0 unspecified atom stereocenters. The van der Waals surface area contributed by atoms with E-state index in [1.807, 2.05) is 32.0 Å². The molecule has 0 saturated carbocycles. The van der Waals surface area contributed by atoms with Gasteiger partial charge in [0, 0.05) is 6.07 Å². The van der Waals surface area contributed by atoms with Crippen LogP contribution in [0, 0.1) is 6.92 Å². The summed E-state index contributed by atoms with van der Waals surface area (Å²) in [4.78, 5) is 24.5. The average Bonchev–Trinajstić information content (AvgIpc) is 2.89. The molecule has 3 rings (SSSR count). The number of thiazole rings is 1. The van der Waals surface area contributed by atoms with Gasteiger partial charge in [0.15, 0.2) is 5.13 Å². The van der Waals surface area contributed by atoms with Gasteiger partial charge < -0.3 is 4.74 Å². The van der Waals surface area contributed by atoms with Crippen LogP contribution in [0.4, 0.5) is 5.13 Å². The Balaban J connectivity index is 1.81. The highest BCUT2D eigenvalue weighted by molar-refractivity contribution is 7.22. The molecule has 0 aliphatic rings. The lowest BCUT2D eigenvalue weighted by atomic mass is 10.2. The topological polar surface area (TPSA) is 77.0 Å². The Morgan fingerprint density at radius 3 is 3.00 bits per heavy atom. The number of nitrogens with zero attached hydrogens (tertiary/aromatic N) is 3. The zero-order valence-corrected chi connectivity index (χ0v) is 13.0. The van der Waals surface area contributed by atoms with Crippen molar-refractivity contribution in [1.82, 2.24) is 15.0 Å². The first-order valence-corrected chi connectivity index (χ1v) is 7.60. The standard InChI is InChI=1S/C15H14N4O2S/c1-3-21-13-7-11(16-8-17-13)14(20)19-15-18-10-5-4-9(2)6-12(10)22-15/h4-8H,3H2,1-2H3,(H,18,19,20). The highest BCUT2D eigenvalue weighted by Gasteiger charge is 2.12. The monoisotopic (exact) mass is 314 g/mol. The van der Waals surface area contributed by atoms with Crippen molar-refractivity contribution in [3.63, 3.8) is 0 Å². The first kappa shape index (κ1) is 14.4. The highest BCUT2D eigenvalue weighted by Crippen LogP contribution is 2.26. The molecule has 3 aromatic rings. The van der Waals surface area contributed by atoms with Crippen molar-refractivity contribution in [2.45, 2.75) is 13.8 Å². The van der Waals surface area contributed by atoms with Gasteiger partial charge in [-0.15, -0.1) is 0 Å². The maximum Gasteiger partial charge on any atom is 0.276 e.